The molecule has 1 aromatic rings. The van der Waals surface area contributed by atoms with E-state index in [0.29, 0.717) is 0 Å². The van der Waals surface area contributed by atoms with E-state index in [1.807, 2.05) is 35.8 Å². The number of likely N-dealkylation sites (N-methyl/N-ethyl adjacent to an activating group) is 1. The minimum absolute atomic E-state index is 0.284. The number of carboxylic acid groups (broad SMARTS) is 1. The first-order valence-corrected chi connectivity index (χ1v) is 5.06. The third kappa shape index (κ3) is 3.46. The number of benzene rings is 1. The molecule has 0 saturated heterocycles. The van der Waals surface area contributed by atoms with Gasteiger partial charge >= 0.3 is 6.09 Å². The second kappa shape index (κ2) is 5.86. The van der Waals surface area contributed by atoms with Crippen LogP contribution in [0.25, 0.3) is 0 Å². The Morgan fingerprint density at radius 3 is 2.47 bits per heavy atom. The Bertz CT molecular complexity index is 394. The molecule has 0 aliphatic carbocycles. The SMILES string of the molecule is CN(C(=O)O)[C@H](Cc1ccccc1)C(=O)NN. The summed E-state index contributed by atoms with van der Waals surface area (Å²) in [6, 6.07) is 8.32. The van der Waals surface area contributed by atoms with Gasteiger partial charge in [0.05, 0.1) is 0 Å². The Labute approximate surface area is 99.0 Å². The highest BCUT2D eigenvalue weighted by atomic mass is 16.4. The van der Waals surface area contributed by atoms with Crippen LogP contribution in [0.15, 0.2) is 30.3 Å². The smallest absolute Gasteiger partial charge is 0.407 e. The lowest BCUT2D eigenvalue weighted by Crippen LogP contribution is -2.50. The molecule has 4 N–H and O–H groups in total. The van der Waals surface area contributed by atoms with Crippen LogP contribution in [0, 0.1) is 0 Å². The van der Waals surface area contributed by atoms with Crippen LogP contribution in [0.1, 0.15) is 5.56 Å². The summed E-state index contributed by atoms with van der Waals surface area (Å²) in [5.41, 5.74) is 2.85. The van der Waals surface area contributed by atoms with Crippen LogP contribution in [0.3, 0.4) is 0 Å². The third-order valence-electron chi connectivity index (χ3n) is 2.49. The number of nitrogens with one attached hydrogen (secondary N) is 1. The molecule has 0 radical (unpaired) electrons. The van der Waals surface area contributed by atoms with Crippen molar-refractivity contribution in [1.29, 1.82) is 0 Å². The van der Waals surface area contributed by atoms with Gasteiger partial charge in [0.2, 0.25) is 0 Å². The molecule has 0 aliphatic rings. The number of rotatable bonds is 4. The Hall–Kier alpha value is -2.08. The van der Waals surface area contributed by atoms with Crippen molar-refractivity contribution in [1.82, 2.24) is 10.3 Å². The lowest BCUT2D eigenvalue weighted by Gasteiger charge is -2.23. The van der Waals surface area contributed by atoms with Crippen LogP contribution < -0.4 is 11.3 Å². The Morgan fingerprint density at radius 2 is 2.00 bits per heavy atom. The molecule has 6 heteroatoms. The van der Waals surface area contributed by atoms with Crippen LogP contribution in [0.2, 0.25) is 0 Å². The summed E-state index contributed by atoms with van der Waals surface area (Å²) in [6.07, 6.45) is -0.887. The summed E-state index contributed by atoms with van der Waals surface area (Å²) < 4.78 is 0. The van der Waals surface area contributed by atoms with E-state index in [-0.39, 0.29) is 6.42 Å². The second-order valence-corrected chi connectivity index (χ2v) is 3.61. The van der Waals surface area contributed by atoms with Gasteiger partial charge in [-0.25, -0.2) is 10.6 Å². The summed E-state index contributed by atoms with van der Waals surface area (Å²) in [4.78, 5) is 23.3. The maximum absolute atomic E-state index is 11.5. The Balaban J connectivity index is 2.85. The van der Waals surface area contributed by atoms with Gasteiger partial charge in [0.15, 0.2) is 0 Å². The molecule has 92 valence electrons. The van der Waals surface area contributed by atoms with E-state index in [1.165, 1.54) is 7.05 Å². The lowest BCUT2D eigenvalue weighted by atomic mass is 10.0. The van der Waals surface area contributed by atoms with E-state index < -0.39 is 18.0 Å². The molecule has 0 heterocycles. The molecule has 0 aliphatic heterocycles. The molecule has 17 heavy (non-hydrogen) atoms. The van der Waals surface area contributed by atoms with Crippen molar-refractivity contribution in [3.63, 3.8) is 0 Å². The number of nitrogens with zero attached hydrogens (tertiary/aromatic N) is 1. The number of nitrogens with two attached hydrogens (primary N) is 1. The molecule has 1 aromatic carbocycles. The van der Waals surface area contributed by atoms with E-state index in [9.17, 15) is 9.59 Å². The van der Waals surface area contributed by atoms with Crippen LogP contribution in [-0.2, 0) is 11.2 Å². The van der Waals surface area contributed by atoms with Gasteiger partial charge in [-0.2, -0.15) is 0 Å². The molecule has 6 nitrogen and oxygen atoms in total. The standard InChI is InChI=1S/C11H15N3O3/c1-14(11(16)17)9(10(15)13-12)7-8-5-3-2-4-6-8/h2-6,9H,7,12H2,1H3,(H,13,15)(H,16,17)/t9-/m1/s1. The van der Waals surface area contributed by atoms with Gasteiger partial charge in [0, 0.05) is 13.5 Å². The summed E-state index contributed by atoms with van der Waals surface area (Å²) in [6.45, 7) is 0. The first-order chi connectivity index (χ1) is 8.06. The molecule has 0 unspecified atom stereocenters. The van der Waals surface area contributed by atoms with E-state index in [2.05, 4.69) is 0 Å². The van der Waals surface area contributed by atoms with Gasteiger partial charge in [-0.05, 0) is 5.56 Å². The first-order valence-electron chi connectivity index (χ1n) is 5.06. The molecule has 0 bridgehead atoms. The van der Waals surface area contributed by atoms with Crippen LogP contribution >= 0.6 is 0 Å². The molecule has 1 atom stereocenters. The number of amides is 2. The average molecular weight is 237 g/mol. The van der Waals surface area contributed by atoms with Crippen molar-refractivity contribution in [2.75, 3.05) is 7.05 Å². The molecule has 1 rings (SSSR count). The predicted octanol–water partition coefficient (Wildman–Crippen LogP) is 0.197. The number of hydrogen-bond acceptors (Lipinski definition) is 3. The van der Waals surface area contributed by atoms with E-state index in [0.717, 1.165) is 10.5 Å². The zero-order valence-electron chi connectivity index (χ0n) is 9.46. The second-order valence-electron chi connectivity index (χ2n) is 3.61. The summed E-state index contributed by atoms with van der Waals surface area (Å²) >= 11 is 0. The highest BCUT2D eigenvalue weighted by Crippen LogP contribution is 2.08. The van der Waals surface area contributed by atoms with Gasteiger partial charge < -0.3 is 5.11 Å². The van der Waals surface area contributed by atoms with Gasteiger partial charge in [0.25, 0.3) is 5.91 Å². The van der Waals surface area contributed by atoms with Gasteiger partial charge in [-0.1, -0.05) is 30.3 Å². The lowest BCUT2D eigenvalue weighted by molar-refractivity contribution is -0.125. The fourth-order valence-corrected chi connectivity index (χ4v) is 1.47. The van der Waals surface area contributed by atoms with Gasteiger partial charge in [-0.15, -0.1) is 0 Å². The maximum atomic E-state index is 11.5. The maximum Gasteiger partial charge on any atom is 0.407 e. The zero-order valence-corrected chi connectivity index (χ0v) is 9.46. The van der Waals surface area contributed by atoms with Crippen molar-refractivity contribution in [2.45, 2.75) is 12.5 Å². The quantitative estimate of drug-likeness (QED) is 0.396. The highest BCUT2D eigenvalue weighted by Gasteiger charge is 2.26. The molecule has 2 amide bonds. The molecular formula is C11H15N3O3. The molecule has 0 aromatic heterocycles. The minimum Gasteiger partial charge on any atom is -0.465 e. The summed E-state index contributed by atoms with van der Waals surface area (Å²) in [5.74, 6) is 4.52. The largest absolute Gasteiger partial charge is 0.465 e. The Kier molecular flexibility index (Phi) is 4.47. The molecule has 0 saturated carbocycles. The molecule has 0 spiro atoms. The Morgan fingerprint density at radius 1 is 1.41 bits per heavy atom. The topological polar surface area (TPSA) is 95.7 Å². The van der Waals surface area contributed by atoms with Crippen molar-refractivity contribution < 1.29 is 14.7 Å². The van der Waals surface area contributed by atoms with Gasteiger partial charge in [-0.3, -0.25) is 15.1 Å². The van der Waals surface area contributed by atoms with E-state index in [1.54, 1.807) is 0 Å². The van der Waals surface area contributed by atoms with Crippen molar-refractivity contribution in [3.8, 4) is 0 Å². The van der Waals surface area contributed by atoms with Crippen LogP contribution in [0.4, 0.5) is 4.79 Å². The average Bonchev–Trinajstić information content (AvgIpc) is 2.35. The third-order valence-corrected chi connectivity index (χ3v) is 2.49. The van der Waals surface area contributed by atoms with Crippen LogP contribution in [0.5, 0.6) is 0 Å². The fourth-order valence-electron chi connectivity index (χ4n) is 1.47. The summed E-state index contributed by atoms with van der Waals surface area (Å²) in [5, 5.41) is 8.88. The van der Waals surface area contributed by atoms with Crippen molar-refractivity contribution in [2.24, 2.45) is 5.84 Å². The van der Waals surface area contributed by atoms with E-state index in [4.69, 9.17) is 10.9 Å². The number of hydrogen-bond donors (Lipinski definition) is 3. The van der Waals surface area contributed by atoms with E-state index >= 15 is 0 Å². The number of carbonyl (C=O) groups is 2. The summed E-state index contributed by atoms with van der Waals surface area (Å²) in [7, 11) is 1.34. The number of hydrazine groups is 1. The van der Waals surface area contributed by atoms with Crippen molar-refractivity contribution in [3.05, 3.63) is 35.9 Å². The fraction of sp³-hybridized carbons (Fsp3) is 0.273. The predicted molar refractivity (Wildman–Crippen MR) is 62.1 cm³/mol. The normalized spacial score (nSPS) is 11.6. The first kappa shape index (κ1) is 13.0. The highest BCUT2D eigenvalue weighted by molar-refractivity contribution is 5.85. The zero-order chi connectivity index (χ0) is 12.8. The minimum atomic E-state index is -1.17. The number of carbonyl (C=O) groups excluding carboxylic acids is 1. The molecular weight excluding hydrogens is 222 g/mol. The van der Waals surface area contributed by atoms with Crippen molar-refractivity contribution >= 4 is 12.0 Å². The van der Waals surface area contributed by atoms with Crippen LogP contribution in [-0.4, -0.2) is 35.1 Å². The van der Waals surface area contributed by atoms with Gasteiger partial charge in [0.1, 0.15) is 6.04 Å². The molecule has 0 fully saturated rings. The monoisotopic (exact) mass is 237 g/mol.